The number of anilines is 1. The minimum Gasteiger partial charge on any atom is -0.493 e. The Balaban J connectivity index is 1.55. The molecule has 1 aliphatic carbocycles. The Morgan fingerprint density at radius 2 is 2.03 bits per heavy atom. The molecule has 0 bridgehead atoms. The van der Waals surface area contributed by atoms with E-state index in [4.69, 9.17) is 0 Å². The lowest BCUT2D eigenvalue weighted by Gasteiger charge is -2.10. The van der Waals surface area contributed by atoms with Gasteiger partial charge >= 0.3 is 11.9 Å². The van der Waals surface area contributed by atoms with Crippen LogP contribution in [0.4, 0.5) is 23.5 Å². The Hall–Kier alpha value is -4.23. The van der Waals surface area contributed by atoms with Gasteiger partial charge in [-0.3, -0.25) is 4.98 Å². The second-order valence-corrected chi connectivity index (χ2v) is 7.73. The van der Waals surface area contributed by atoms with E-state index in [0.29, 0.717) is 11.3 Å². The van der Waals surface area contributed by atoms with Gasteiger partial charge in [-0.2, -0.15) is 32.8 Å². The van der Waals surface area contributed by atoms with Gasteiger partial charge in [0, 0.05) is 11.8 Å². The van der Waals surface area contributed by atoms with Gasteiger partial charge in [-0.15, -0.1) is 0 Å². The van der Waals surface area contributed by atoms with Crippen molar-refractivity contribution in [3.63, 3.8) is 0 Å². The van der Waals surface area contributed by atoms with Crippen molar-refractivity contribution in [3.05, 3.63) is 68.4 Å². The Bertz CT molecular complexity index is 1570. The van der Waals surface area contributed by atoms with Crippen LogP contribution in [0.15, 0.2) is 34.2 Å². The van der Waals surface area contributed by atoms with Crippen molar-refractivity contribution >= 4 is 17.7 Å². The summed E-state index contributed by atoms with van der Waals surface area (Å²) in [6.45, 7) is -0.182. The molecule has 0 atom stereocenters. The molecule has 1 fully saturated rings. The molecule has 0 amide bonds. The largest absolute Gasteiger partial charge is 0.493 e. The van der Waals surface area contributed by atoms with E-state index >= 15 is 0 Å². The highest BCUT2D eigenvalue weighted by atomic mass is 19.4. The van der Waals surface area contributed by atoms with Crippen molar-refractivity contribution in [2.75, 3.05) is 5.32 Å². The summed E-state index contributed by atoms with van der Waals surface area (Å²) in [5.41, 5.74) is -1.06. The average Bonchev–Trinajstić information content (AvgIpc) is 3.39. The number of aromatic amines is 2. The first-order valence-electron chi connectivity index (χ1n) is 10.1. The second kappa shape index (κ2) is 7.97. The van der Waals surface area contributed by atoms with E-state index in [-0.39, 0.29) is 46.9 Å². The maximum absolute atomic E-state index is 13.7. The molecule has 1 aliphatic rings. The fourth-order valence-corrected chi connectivity index (χ4v) is 3.26. The first-order chi connectivity index (χ1) is 16.2. The summed E-state index contributed by atoms with van der Waals surface area (Å²) in [7, 11) is 0. The number of H-pyrrole nitrogens is 2. The highest BCUT2D eigenvalue weighted by molar-refractivity contribution is 5.57. The number of hydrogen-bond acceptors (Lipinski definition) is 7. The van der Waals surface area contributed by atoms with Crippen LogP contribution in [-0.2, 0) is 12.7 Å². The van der Waals surface area contributed by atoms with Crippen LogP contribution in [0.3, 0.4) is 0 Å². The Labute approximate surface area is 186 Å². The second-order valence-electron chi connectivity index (χ2n) is 7.73. The van der Waals surface area contributed by atoms with Gasteiger partial charge in [0.1, 0.15) is 11.5 Å². The molecular weight excluding hydrogens is 460 g/mol. The lowest BCUT2D eigenvalue weighted by atomic mass is 10.1. The number of rotatable bonds is 5. The summed E-state index contributed by atoms with van der Waals surface area (Å²) in [6.07, 6.45) is -0.0370. The van der Waals surface area contributed by atoms with Crippen LogP contribution in [0.2, 0.25) is 0 Å². The van der Waals surface area contributed by atoms with Gasteiger partial charge in [0.15, 0.2) is 5.65 Å². The van der Waals surface area contributed by atoms with Gasteiger partial charge < -0.3 is 15.4 Å². The van der Waals surface area contributed by atoms with Crippen LogP contribution >= 0.6 is 0 Å². The van der Waals surface area contributed by atoms with Crippen molar-refractivity contribution < 1.29 is 22.7 Å². The van der Waals surface area contributed by atoms with E-state index in [1.54, 1.807) is 0 Å². The number of imidazole rings is 1. The van der Waals surface area contributed by atoms with Crippen molar-refractivity contribution in [3.8, 4) is 5.88 Å². The van der Waals surface area contributed by atoms with Gasteiger partial charge in [-0.1, -0.05) is 0 Å². The lowest BCUT2D eigenvalue weighted by molar-refractivity contribution is -0.137. The molecule has 0 saturated heterocycles. The zero-order valence-electron chi connectivity index (χ0n) is 17.2. The van der Waals surface area contributed by atoms with Crippen molar-refractivity contribution in [1.29, 1.82) is 0 Å². The minimum absolute atomic E-state index is 0.0339. The van der Waals surface area contributed by atoms with E-state index in [2.05, 4.69) is 35.3 Å². The van der Waals surface area contributed by atoms with E-state index < -0.39 is 23.2 Å². The molecule has 1 saturated carbocycles. The first-order valence-corrected chi connectivity index (χ1v) is 10.1. The van der Waals surface area contributed by atoms with Gasteiger partial charge in [0.2, 0.25) is 11.8 Å². The molecule has 34 heavy (non-hydrogen) atoms. The van der Waals surface area contributed by atoms with Crippen molar-refractivity contribution in [2.45, 2.75) is 31.6 Å². The molecule has 0 radical (unpaired) electrons. The fraction of sp³-hybridized carbons (Fsp3) is 0.250. The fourth-order valence-electron chi connectivity index (χ4n) is 3.26. The molecule has 5 rings (SSSR count). The van der Waals surface area contributed by atoms with E-state index in [0.717, 1.165) is 25.0 Å². The summed E-state index contributed by atoms with van der Waals surface area (Å²) >= 11 is 0. The number of halogens is 4. The number of fused-ring (bicyclic) bond motifs is 1. The van der Waals surface area contributed by atoms with Gasteiger partial charge in [0.25, 0.3) is 5.62 Å². The number of aromatic nitrogens is 6. The maximum atomic E-state index is 13.7. The number of nitrogens with one attached hydrogen (secondary N) is 3. The first kappa shape index (κ1) is 21.6. The van der Waals surface area contributed by atoms with E-state index in [1.165, 1.54) is 16.8 Å². The molecule has 1 aromatic carbocycles. The predicted molar refractivity (Wildman–Crippen MR) is 110 cm³/mol. The minimum atomic E-state index is -4.68. The molecule has 14 heteroatoms. The monoisotopic (exact) mass is 476 g/mol. The third kappa shape index (κ3) is 4.46. The summed E-state index contributed by atoms with van der Waals surface area (Å²) in [6, 6.07) is 2.32. The maximum Gasteiger partial charge on any atom is 0.416 e. The highest BCUT2D eigenvalue weighted by Gasteiger charge is 2.31. The normalized spacial score (nSPS) is 15.4. The van der Waals surface area contributed by atoms with Gasteiger partial charge in [-0.05, 0) is 42.7 Å². The lowest BCUT2D eigenvalue weighted by Crippen LogP contribution is -2.24. The number of alkyl halides is 3. The van der Waals surface area contributed by atoms with Crippen LogP contribution in [0.25, 0.3) is 11.7 Å². The average molecular weight is 476 g/mol. The van der Waals surface area contributed by atoms with Gasteiger partial charge in [-0.25, -0.2) is 14.2 Å². The molecule has 0 aliphatic heterocycles. The number of benzene rings is 1. The summed E-state index contributed by atoms with van der Waals surface area (Å²) < 4.78 is 54.1. The van der Waals surface area contributed by atoms with Gasteiger partial charge in [0.05, 0.1) is 17.8 Å². The summed E-state index contributed by atoms with van der Waals surface area (Å²) in [4.78, 5) is 29.2. The quantitative estimate of drug-likeness (QED) is 0.320. The number of aromatic hydroxyl groups is 1. The molecule has 3 heterocycles. The van der Waals surface area contributed by atoms with Crippen molar-refractivity contribution in [2.24, 2.45) is 4.99 Å². The zero-order valence-corrected chi connectivity index (χ0v) is 17.2. The van der Waals surface area contributed by atoms with Crippen LogP contribution < -0.4 is 21.8 Å². The van der Waals surface area contributed by atoms with Crippen LogP contribution in [-0.4, -0.2) is 40.7 Å². The number of nitrogens with zero attached hydrogens (tertiary/aromatic N) is 5. The van der Waals surface area contributed by atoms with E-state index in [9.17, 15) is 27.5 Å². The third-order valence-corrected chi connectivity index (χ3v) is 4.99. The molecule has 4 aromatic rings. The standard InChI is InChI=1S/C20H16F4N8O2/c21-12-4-9(3-11(6-12)20(22,23)24)7-25-17-29-15-10(5-14-16(33)30-19(34)28-14)8-26-32(15)18(31-17)27-13-1-2-13/h3-6,8,13,33H,1-2,7H2,(H,25,27,31)(H2,28,30,34)/b10-5+. The smallest absolute Gasteiger partial charge is 0.416 e. The van der Waals surface area contributed by atoms with E-state index in [1.807, 2.05) is 0 Å². The zero-order chi connectivity index (χ0) is 24.0. The topological polar surface area (TPSA) is 136 Å². The Morgan fingerprint density at radius 3 is 2.71 bits per heavy atom. The highest BCUT2D eigenvalue weighted by Crippen LogP contribution is 2.30. The number of hydrogen-bond donors (Lipinski definition) is 4. The molecule has 3 aromatic heterocycles. The molecule has 176 valence electrons. The Morgan fingerprint density at radius 1 is 1.24 bits per heavy atom. The van der Waals surface area contributed by atoms with Crippen LogP contribution in [0.1, 0.15) is 29.7 Å². The van der Waals surface area contributed by atoms with Crippen LogP contribution in [0, 0.1) is 5.82 Å². The molecule has 10 nitrogen and oxygen atoms in total. The molecule has 0 spiro atoms. The summed E-state index contributed by atoms with van der Waals surface area (Å²) in [5.74, 6) is -1.35. The van der Waals surface area contributed by atoms with Crippen molar-refractivity contribution in [1.82, 2.24) is 29.5 Å². The van der Waals surface area contributed by atoms with Crippen LogP contribution in [0.5, 0.6) is 5.88 Å². The predicted octanol–water partition coefficient (Wildman–Crippen LogP) is 1.23. The Kier molecular flexibility index (Phi) is 5.06. The SMILES string of the molecule is O=c1[nH]c(O)c(/C=c2\cnn3c(=NC4CC4)nc(NCc4cc(F)cc(C(F)(F)F)c4)nc23)[nH]1. The molecule has 4 N–H and O–H groups in total. The third-order valence-electron chi connectivity index (χ3n) is 4.99. The molecule has 0 unspecified atom stereocenters. The molecular formula is C20H16F4N8O2. The summed E-state index contributed by atoms with van der Waals surface area (Å²) in [5, 5.41) is 17.3.